The number of rotatable bonds is 8. The molecule has 0 radical (unpaired) electrons. The minimum absolute atomic E-state index is 0.206. The first-order valence-corrected chi connectivity index (χ1v) is 8.56. The van der Waals surface area contributed by atoms with Gasteiger partial charge in [0.15, 0.2) is 0 Å². The van der Waals surface area contributed by atoms with Gasteiger partial charge in [-0.3, -0.25) is 0 Å². The van der Waals surface area contributed by atoms with Crippen LogP contribution in [0.5, 0.6) is 0 Å². The highest BCUT2D eigenvalue weighted by Crippen LogP contribution is 2.08. The lowest BCUT2D eigenvalue weighted by molar-refractivity contribution is 0.0519. The van der Waals surface area contributed by atoms with Gasteiger partial charge >= 0.3 is 6.09 Å². The van der Waals surface area contributed by atoms with Crippen molar-refractivity contribution in [2.24, 2.45) is 5.92 Å². The largest absolute Gasteiger partial charge is 0.444 e. The molecule has 1 heterocycles. The Hall–Kier alpha value is -1.49. The Balaban J connectivity index is 2.44. The van der Waals surface area contributed by atoms with Gasteiger partial charge in [-0.2, -0.15) is 0 Å². The number of aromatic nitrogens is 1. The van der Waals surface area contributed by atoms with Crippen molar-refractivity contribution in [3.63, 3.8) is 0 Å². The number of ether oxygens (including phenoxy) is 1. The summed E-state index contributed by atoms with van der Waals surface area (Å²) in [5.41, 5.74) is 0.800. The maximum atomic E-state index is 11.8. The molecule has 0 aliphatic heterocycles. The van der Waals surface area contributed by atoms with Gasteiger partial charge in [-0.15, -0.1) is 0 Å². The van der Waals surface area contributed by atoms with E-state index < -0.39 is 5.60 Å². The Bertz CT molecular complexity index is 475. The normalized spacial score (nSPS) is 13.2. The van der Waals surface area contributed by atoms with Crippen LogP contribution in [0.1, 0.15) is 53.5 Å². The predicted molar refractivity (Wildman–Crippen MR) is 94.4 cm³/mol. The van der Waals surface area contributed by atoms with Crippen molar-refractivity contribution < 1.29 is 9.53 Å². The van der Waals surface area contributed by atoms with Crippen molar-refractivity contribution in [2.45, 2.75) is 72.7 Å². The lowest BCUT2D eigenvalue weighted by Crippen LogP contribution is -2.45. The van der Waals surface area contributed by atoms with Crippen LogP contribution in [0.2, 0.25) is 0 Å². The summed E-state index contributed by atoms with van der Waals surface area (Å²) < 4.78 is 7.49. The molecule has 1 rings (SSSR count). The lowest BCUT2D eigenvalue weighted by atomic mass is 10.0. The Morgan fingerprint density at radius 2 is 2.04 bits per heavy atom. The second-order valence-electron chi connectivity index (χ2n) is 7.37. The van der Waals surface area contributed by atoms with Crippen LogP contribution in [0.4, 0.5) is 4.79 Å². The summed E-state index contributed by atoms with van der Waals surface area (Å²) in [6.07, 6.45) is 5.06. The van der Waals surface area contributed by atoms with Gasteiger partial charge in [0.1, 0.15) is 5.60 Å². The standard InChI is InChI=1S/C18H33N3O2/c1-7-9-21-10-8-15(13-21)11-19-16(14(2)3)12-20-17(22)23-18(4,5)6/h8,10,13-14,16,19H,7,9,11-12H2,1-6H3,(H,20,22). The highest BCUT2D eigenvalue weighted by molar-refractivity contribution is 5.67. The highest BCUT2D eigenvalue weighted by atomic mass is 16.6. The van der Waals surface area contributed by atoms with Gasteiger partial charge in [0.2, 0.25) is 0 Å². The number of alkyl carbamates (subject to hydrolysis) is 1. The van der Waals surface area contributed by atoms with E-state index in [0.29, 0.717) is 12.5 Å². The SMILES string of the molecule is CCCn1ccc(CNC(CNC(=O)OC(C)(C)C)C(C)C)c1. The van der Waals surface area contributed by atoms with Crippen LogP contribution in [0.25, 0.3) is 0 Å². The van der Waals surface area contributed by atoms with Crippen molar-refractivity contribution in [2.75, 3.05) is 6.54 Å². The summed E-state index contributed by atoms with van der Waals surface area (Å²) in [5.74, 6) is 0.419. The summed E-state index contributed by atoms with van der Waals surface area (Å²) in [6.45, 7) is 14.5. The summed E-state index contributed by atoms with van der Waals surface area (Å²) in [6, 6.07) is 2.35. The van der Waals surface area contributed by atoms with E-state index in [1.807, 2.05) is 20.8 Å². The molecule has 1 aromatic heterocycles. The summed E-state index contributed by atoms with van der Waals surface area (Å²) in [5, 5.41) is 6.38. The van der Waals surface area contributed by atoms with Crippen LogP contribution in [-0.2, 0) is 17.8 Å². The minimum Gasteiger partial charge on any atom is -0.444 e. The number of aryl methyl sites for hydroxylation is 1. The quantitative estimate of drug-likeness (QED) is 0.769. The van der Waals surface area contributed by atoms with E-state index in [1.54, 1.807) is 0 Å². The number of carbonyl (C=O) groups excluding carboxylic acids is 1. The Kier molecular flexibility index (Phi) is 7.62. The van der Waals surface area contributed by atoms with Crippen molar-refractivity contribution in [3.8, 4) is 0 Å². The van der Waals surface area contributed by atoms with Gasteiger partial charge in [-0.1, -0.05) is 20.8 Å². The zero-order valence-electron chi connectivity index (χ0n) is 15.5. The third-order valence-corrected chi connectivity index (χ3v) is 3.53. The highest BCUT2D eigenvalue weighted by Gasteiger charge is 2.18. The first-order valence-electron chi connectivity index (χ1n) is 8.56. The number of nitrogens with one attached hydrogen (secondary N) is 2. The lowest BCUT2D eigenvalue weighted by Gasteiger charge is -2.24. The van der Waals surface area contributed by atoms with Crippen molar-refractivity contribution in [1.82, 2.24) is 15.2 Å². The van der Waals surface area contributed by atoms with Gasteiger partial charge < -0.3 is 19.9 Å². The molecule has 5 heteroatoms. The predicted octanol–water partition coefficient (Wildman–Crippen LogP) is 3.54. The first-order chi connectivity index (χ1) is 10.7. The van der Waals surface area contributed by atoms with Crippen molar-refractivity contribution in [1.29, 1.82) is 0 Å². The zero-order valence-corrected chi connectivity index (χ0v) is 15.5. The molecule has 1 amide bonds. The van der Waals surface area contributed by atoms with Gasteiger partial charge in [0, 0.05) is 38.1 Å². The number of carbonyl (C=O) groups is 1. The molecule has 5 nitrogen and oxygen atoms in total. The molecule has 1 atom stereocenters. The van der Waals surface area contributed by atoms with E-state index in [-0.39, 0.29) is 12.1 Å². The number of nitrogens with zero attached hydrogens (tertiary/aromatic N) is 1. The van der Waals surface area contributed by atoms with E-state index in [9.17, 15) is 4.79 Å². The smallest absolute Gasteiger partial charge is 0.407 e. The van der Waals surface area contributed by atoms with Crippen molar-refractivity contribution in [3.05, 3.63) is 24.0 Å². The molecule has 0 saturated carbocycles. The van der Waals surface area contributed by atoms with Gasteiger partial charge in [-0.05, 0) is 44.7 Å². The van der Waals surface area contributed by atoms with E-state index in [2.05, 4.69) is 54.4 Å². The number of hydrogen-bond acceptors (Lipinski definition) is 3. The second-order valence-corrected chi connectivity index (χ2v) is 7.37. The summed E-state index contributed by atoms with van der Waals surface area (Å²) in [4.78, 5) is 11.8. The summed E-state index contributed by atoms with van der Waals surface area (Å²) in [7, 11) is 0. The number of amides is 1. The van der Waals surface area contributed by atoms with Crippen LogP contribution in [-0.4, -0.2) is 28.8 Å². The molecule has 1 unspecified atom stereocenters. The van der Waals surface area contributed by atoms with Crippen LogP contribution in [0, 0.1) is 5.92 Å². The third kappa shape index (κ3) is 8.07. The maximum Gasteiger partial charge on any atom is 0.407 e. The molecule has 132 valence electrons. The van der Waals surface area contributed by atoms with Gasteiger partial charge in [0.05, 0.1) is 0 Å². The van der Waals surface area contributed by atoms with Crippen LogP contribution >= 0.6 is 0 Å². The Morgan fingerprint density at radius 1 is 1.35 bits per heavy atom. The molecule has 0 bridgehead atoms. The molecule has 1 aromatic rings. The number of hydrogen-bond donors (Lipinski definition) is 2. The van der Waals surface area contributed by atoms with Gasteiger partial charge in [-0.25, -0.2) is 4.79 Å². The molecule has 0 fully saturated rings. The van der Waals surface area contributed by atoms with E-state index in [0.717, 1.165) is 19.5 Å². The second kappa shape index (κ2) is 8.96. The van der Waals surface area contributed by atoms with E-state index in [4.69, 9.17) is 4.74 Å². The Labute approximate surface area is 140 Å². The van der Waals surface area contributed by atoms with Crippen LogP contribution in [0.15, 0.2) is 18.5 Å². The molecular formula is C18H33N3O2. The zero-order chi connectivity index (χ0) is 17.5. The topological polar surface area (TPSA) is 55.3 Å². The minimum atomic E-state index is -0.465. The first kappa shape index (κ1) is 19.6. The maximum absolute atomic E-state index is 11.8. The summed E-state index contributed by atoms with van der Waals surface area (Å²) >= 11 is 0. The fourth-order valence-corrected chi connectivity index (χ4v) is 2.29. The van der Waals surface area contributed by atoms with E-state index >= 15 is 0 Å². The molecule has 23 heavy (non-hydrogen) atoms. The van der Waals surface area contributed by atoms with Gasteiger partial charge in [0.25, 0.3) is 0 Å². The average Bonchev–Trinajstić information content (AvgIpc) is 2.84. The molecule has 0 spiro atoms. The molecule has 0 saturated heterocycles. The molecule has 0 aliphatic carbocycles. The van der Waals surface area contributed by atoms with Crippen LogP contribution in [0.3, 0.4) is 0 Å². The fraction of sp³-hybridized carbons (Fsp3) is 0.722. The monoisotopic (exact) mass is 323 g/mol. The van der Waals surface area contributed by atoms with Crippen molar-refractivity contribution >= 4 is 6.09 Å². The average molecular weight is 323 g/mol. The molecular weight excluding hydrogens is 290 g/mol. The third-order valence-electron chi connectivity index (χ3n) is 3.53. The molecule has 0 aromatic carbocycles. The molecule has 2 N–H and O–H groups in total. The van der Waals surface area contributed by atoms with Crippen LogP contribution < -0.4 is 10.6 Å². The molecule has 0 aliphatic rings. The van der Waals surface area contributed by atoms with E-state index in [1.165, 1.54) is 5.56 Å². The Morgan fingerprint density at radius 3 is 2.61 bits per heavy atom. The fourth-order valence-electron chi connectivity index (χ4n) is 2.29.